The summed E-state index contributed by atoms with van der Waals surface area (Å²) in [7, 11) is 4.09. The molecule has 0 aliphatic carbocycles. The summed E-state index contributed by atoms with van der Waals surface area (Å²) in [6, 6.07) is 12.5. The molecule has 0 spiro atoms. The van der Waals surface area contributed by atoms with Crippen molar-refractivity contribution in [2.24, 2.45) is 0 Å². The number of rotatable bonds is 1. The molecule has 3 rings (SSSR count). The lowest BCUT2D eigenvalue weighted by molar-refractivity contribution is 1.11. The fourth-order valence-corrected chi connectivity index (χ4v) is 2.17. The van der Waals surface area contributed by atoms with Crippen LogP contribution in [0.4, 0.5) is 5.69 Å². The van der Waals surface area contributed by atoms with E-state index in [1.165, 1.54) is 16.6 Å². The Kier molecular flexibility index (Phi) is 2.40. The quantitative estimate of drug-likeness (QED) is 0.609. The second kappa shape index (κ2) is 3.95. The Balaban J connectivity index is 2.42. The fraction of sp³-hybridized carbons (Fsp3) is 0.200. The van der Waals surface area contributed by atoms with E-state index in [0.29, 0.717) is 0 Å². The normalized spacial score (nSPS) is 11.1. The van der Waals surface area contributed by atoms with Crippen LogP contribution in [0.3, 0.4) is 0 Å². The Morgan fingerprint density at radius 3 is 2.11 bits per heavy atom. The van der Waals surface area contributed by atoms with Gasteiger partial charge in [0.05, 0.1) is 11.0 Å². The third-order valence-electron chi connectivity index (χ3n) is 3.20. The average Bonchev–Trinajstić information content (AvgIpc) is 2.37. The molecule has 0 aliphatic rings. The van der Waals surface area contributed by atoms with Crippen molar-refractivity contribution in [1.82, 2.24) is 10.2 Å². The van der Waals surface area contributed by atoms with Gasteiger partial charge in [-0.05, 0) is 37.3 Å². The SMILES string of the molecule is Cc1ccc2nnc3ccc(N(C)C)cc3c2c1. The summed E-state index contributed by atoms with van der Waals surface area (Å²) in [4.78, 5) is 2.10. The third-order valence-corrected chi connectivity index (χ3v) is 3.20. The van der Waals surface area contributed by atoms with Gasteiger partial charge in [0.15, 0.2) is 0 Å². The van der Waals surface area contributed by atoms with Gasteiger partial charge in [0.1, 0.15) is 0 Å². The molecule has 0 N–H and O–H groups in total. The molecule has 18 heavy (non-hydrogen) atoms. The number of hydrogen-bond acceptors (Lipinski definition) is 3. The number of benzene rings is 2. The first-order chi connectivity index (χ1) is 8.65. The Morgan fingerprint density at radius 1 is 0.833 bits per heavy atom. The topological polar surface area (TPSA) is 29.0 Å². The minimum atomic E-state index is 0.943. The molecule has 0 amide bonds. The fourth-order valence-electron chi connectivity index (χ4n) is 2.17. The molecule has 3 heteroatoms. The molecule has 90 valence electrons. The Hall–Kier alpha value is -2.16. The van der Waals surface area contributed by atoms with Crippen molar-refractivity contribution in [2.45, 2.75) is 6.92 Å². The van der Waals surface area contributed by atoms with Crippen molar-refractivity contribution in [3.8, 4) is 0 Å². The molecule has 0 bridgehead atoms. The van der Waals surface area contributed by atoms with E-state index in [9.17, 15) is 0 Å². The number of anilines is 1. The predicted molar refractivity (Wildman–Crippen MR) is 76.1 cm³/mol. The Morgan fingerprint density at radius 2 is 1.44 bits per heavy atom. The summed E-state index contributed by atoms with van der Waals surface area (Å²) in [5, 5.41) is 10.9. The highest BCUT2D eigenvalue weighted by molar-refractivity contribution is 6.04. The molecule has 0 radical (unpaired) electrons. The Bertz CT molecular complexity index is 732. The van der Waals surface area contributed by atoms with Crippen molar-refractivity contribution in [1.29, 1.82) is 0 Å². The van der Waals surface area contributed by atoms with Gasteiger partial charge in [-0.1, -0.05) is 11.6 Å². The zero-order valence-corrected chi connectivity index (χ0v) is 10.8. The van der Waals surface area contributed by atoms with E-state index >= 15 is 0 Å². The van der Waals surface area contributed by atoms with Gasteiger partial charge in [0.2, 0.25) is 0 Å². The monoisotopic (exact) mass is 237 g/mol. The third kappa shape index (κ3) is 1.68. The summed E-state index contributed by atoms with van der Waals surface area (Å²) in [5.41, 5.74) is 4.31. The molecule has 1 heterocycles. The first-order valence-corrected chi connectivity index (χ1v) is 5.99. The summed E-state index contributed by atoms with van der Waals surface area (Å²) in [6.45, 7) is 2.10. The molecule has 3 aromatic rings. The van der Waals surface area contributed by atoms with E-state index in [1.807, 2.05) is 26.2 Å². The van der Waals surface area contributed by atoms with Crippen LogP contribution in [0.2, 0.25) is 0 Å². The lowest BCUT2D eigenvalue weighted by atomic mass is 10.1. The van der Waals surface area contributed by atoms with Gasteiger partial charge in [-0.2, -0.15) is 0 Å². The van der Waals surface area contributed by atoms with Gasteiger partial charge in [-0.25, -0.2) is 0 Å². The van der Waals surface area contributed by atoms with Gasteiger partial charge in [0.25, 0.3) is 0 Å². The molecule has 0 aliphatic heterocycles. The maximum absolute atomic E-state index is 4.27. The van der Waals surface area contributed by atoms with Gasteiger partial charge >= 0.3 is 0 Å². The van der Waals surface area contributed by atoms with Gasteiger partial charge in [-0.3, -0.25) is 0 Å². The van der Waals surface area contributed by atoms with E-state index in [4.69, 9.17) is 0 Å². The van der Waals surface area contributed by atoms with E-state index < -0.39 is 0 Å². The van der Waals surface area contributed by atoms with Gasteiger partial charge < -0.3 is 4.90 Å². The van der Waals surface area contributed by atoms with E-state index in [2.05, 4.69) is 46.3 Å². The lowest BCUT2D eigenvalue weighted by Gasteiger charge is -2.13. The molecule has 0 fully saturated rings. The standard InChI is InChI=1S/C15H15N3/c1-10-4-6-14-12(8-10)13-9-11(18(2)3)5-7-15(13)17-16-14/h4-9H,1-3H3. The number of aryl methyl sites for hydroxylation is 1. The van der Waals surface area contributed by atoms with Crippen LogP contribution in [0.1, 0.15) is 5.56 Å². The van der Waals surface area contributed by atoms with Crippen molar-refractivity contribution < 1.29 is 0 Å². The maximum atomic E-state index is 4.27. The number of fused-ring (bicyclic) bond motifs is 3. The number of hydrogen-bond donors (Lipinski definition) is 0. The molecular formula is C15H15N3. The summed E-state index contributed by atoms with van der Waals surface area (Å²) in [5.74, 6) is 0. The van der Waals surface area contributed by atoms with Crippen molar-refractivity contribution in [3.05, 3.63) is 42.0 Å². The highest BCUT2D eigenvalue weighted by atomic mass is 15.1. The number of aromatic nitrogens is 2. The molecule has 1 aromatic heterocycles. The highest BCUT2D eigenvalue weighted by Gasteiger charge is 2.05. The first kappa shape index (κ1) is 11.0. The summed E-state index contributed by atoms with van der Waals surface area (Å²) in [6.07, 6.45) is 0. The summed E-state index contributed by atoms with van der Waals surface area (Å²) < 4.78 is 0. The van der Waals surface area contributed by atoms with E-state index in [-0.39, 0.29) is 0 Å². The van der Waals surface area contributed by atoms with Crippen LogP contribution in [-0.2, 0) is 0 Å². The molecule has 0 unspecified atom stereocenters. The molecule has 0 saturated carbocycles. The van der Waals surface area contributed by atoms with E-state index in [1.54, 1.807) is 0 Å². The first-order valence-electron chi connectivity index (χ1n) is 5.99. The lowest BCUT2D eigenvalue weighted by Crippen LogP contribution is -2.08. The van der Waals surface area contributed by atoms with Crippen LogP contribution in [0, 0.1) is 6.92 Å². The molecule has 2 aromatic carbocycles. The van der Waals surface area contributed by atoms with Crippen LogP contribution in [0.25, 0.3) is 21.8 Å². The van der Waals surface area contributed by atoms with Crippen molar-refractivity contribution in [2.75, 3.05) is 19.0 Å². The van der Waals surface area contributed by atoms with E-state index in [0.717, 1.165) is 16.4 Å². The van der Waals surface area contributed by atoms with Crippen molar-refractivity contribution in [3.63, 3.8) is 0 Å². The van der Waals surface area contributed by atoms with Gasteiger partial charge in [-0.15, -0.1) is 10.2 Å². The summed E-state index contributed by atoms with van der Waals surface area (Å²) >= 11 is 0. The molecular weight excluding hydrogens is 222 g/mol. The second-order valence-electron chi connectivity index (χ2n) is 4.82. The predicted octanol–water partition coefficient (Wildman–Crippen LogP) is 3.16. The van der Waals surface area contributed by atoms with Crippen LogP contribution in [0.15, 0.2) is 36.4 Å². The van der Waals surface area contributed by atoms with Crippen LogP contribution in [-0.4, -0.2) is 24.3 Å². The van der Waals surface area contributed by atoms with Gasteiger partial charge in [0, 0.05) is 30.6 Å². The maximum Gasteiger partial charge on any atom is 0.0937 e. The zero-order valence-electron chi connectivity index (χ0n) is 10.8. The minimum Gasteiger partial charge on any atom is -0.378 e. The van der Waals surface area contributed by atoms with Crippen LogP contribution in [0.5, 0.6) is 0 Å². The number of nitrogens with zero attached hydrogens (tertiary/aromatic N) is 3. The molecule has 0 atom stereocenters. The van der Waals surface area contributed by atoms with Crippen LogP contribution >= 0.6 is 0 Å². The minimum absolute atomic E-state index is 0.943. The van der Waals surface area contributed by atoms with Crippen LogP contribution < -0.4 is 4.90 Å². The van der Waals surface area contributed by atoms with Crippen molar-refractivity contribution >= 4 is 27.5 Å². The Labute approximate surface area is 106 Å². The second-order valence-corrected chi connectivity index (χ2v) is 4.82. The smallest absolute Gasteiger partial charge is 0.0937 e. The average molecular weight is 237 g/mol. The largest absolute Gasteiger partial charge is 0.378 e. The zero-order chi connectivity index (χ0) is 12.7. The highest BCUT2D eigenvalue weighted by Crippen LogP contribution is 2.26. The molecule has 0 saturated heterocycles. The molecule has 3 nitrogen and oxygen atoms in total.